The van der Waals surface area contributed by atoms with Crippen LogP contribution in [0.1, 0.15) is 50.4 Å². The second-order valence-corrected chi connectivity index (χ2v) is 6.70. The predicted molar refractivity (Wildman–Crippen MR) is 110 cm³/mol. The molecule has 29 heavy (non-hydrogen) atoms. The number of esters is 1. The molecule has 0 N–H and O–H groups in total. The number of nitrogens with zero attached hydrogens (tertiary/aromatic N) is 1. The fourth-order valence-corrected chi connectivity index (χ4v) is 3.11. The number of hydrogen-bond donors (Lipinski definition) is 0. The van der Waals surface area contributed by atoms with Crippen molar-refractivity contribution < 1.29 is 23.9 Å². The lowest BCUT2D eigenvalue weighted by Gasteiger charge is -2.30. The Morgan fingerprint density at radius 2 is 1.66 bits per heavy atom. The molecule has 0 heterocycles. The number of non-ortho nitro benzene ring substituents is 1. The molecule has 0 aliphatic carbocycles. The van der Waals surface area contributed by atoms with E-state index in [1.54, 1.807) is 30.3 Å². The van der Waals surface area contributed by atoms with Crippen LogP contribution in [0.25, 0.3) is 11.1 Å². The Morgan fingerprint density at radius 1 is 1.03 bits per heavy atom. The SMILES string of the molecule is CCC(CC)(CC)OC(=O)c1ccc(-c2ccc([N+](=O)[O-])cc2)c(OCOC)c1. The third-order valence-corrected chi connectivity index (χ3v) is 5.18. The number of hydrogen-bond acceptors (Lipinski definition) is 6. The molecule has 0 radical (unpaired) electrons. The first-order valence-corrected chi connectivity index (χ1v) is 9.63. The van der Waals surface area contributed by atoms with Gasteiger partial charge in [-0.2, -0.15) is 0 Å². The smallest absolute Gasteiger partial charge is 0.338 e. The summed E-state index contributed by atoms with van der Waals surface area (Å²) in [4.78, 5) is 23.2. The van der Waals surface area contributed by atoms with Crippen molar-refractivity contribution in [2.24, 2.45) is 0 Å². The minimum Gasteiger partial charge on any atom is -0.467 e. The highest BCUT2D eigenvalue weighted by atomic mass is 16.7. The van der Waals surface area contributed by atoms with Gasteiger partial charge in [0, 0.05) is 24.8 Å². The van der Waals surface area contributed by atoms with Crippen LogP contribution in [0.5, 0.6) is 5.75 Å². The van der Waals surface area contributed by atoms with Gasteiger partial charge in [0.15, 0.2) is 6.79 Å². The van der Waals surface area contributed by atoms with Gasteiger partial charge >= 0.3 is 5.97 Å². The summed E-state index contributed by atoms with van der Waals surface area (Å²) in [7, 11) is 1.50. The Kier molecular flexibility index (Phi) is 7.73. The number of nitro benzene ring substituents is 1. The fourth-order valence-electron chi connectivity index (χ4n) is 3.11. The lowest BCUT2D eigenvalue weighted by Crippen LogP contribution is -2.33. The van der Waals surface area contributed by atoms with Gasteiger partial charge in [0.25, 0.3) is 5.69 Å². The van der Waals surface area contributed by atoms with E-state index >= 15 is 0 Å². The molecule has 0 atom stereocenters. The number of nitro groups is 1. The number of carbonyl (C=O) groups excluding carboxylic acids is 1. The summed E-state index contributed by atoms with van der Waals surface area (Å²) in [5, 5.41) is 10.9. The molecule has 2 aromatic carbocycles. The summed E-state index contributed by atoms with van der Waals surface area (Å²) in [6.07, 6.45) is 2.21. The maximum absolute atomic E-state index is 12.7. The number of methoxy groups -OCH3 is 1. The van der Waals surface area contributed by atoms with Crippen LogP contribution in [-0.2, 0) is 9.47 Å². The summed E-state index contributed by atoms with van der Waals surface area (Å²) in [5.74, 6) is 0.0262. The van der Waals surface area contributed by atoms with Gasteiger partial charge in [0.2, 0.25) is 0 Å². The van der Waals surface area contributed by atoms with Gasteiger partial charge in [-0.05, 0) is 55.2 Å². The second-order valence-electron chi connectivity index (χ2n) is 6.70. The Labute approximate surface area is 170 Å². The predicted octanol–water partition coefficient (Wildman–Crippen LogP) is 5.37. The molecular weight excluding hydrogens is 374 g/mol. The molecule has 0 saturated heterocycles. The molecular formula is C22H27NO6. The fraction of sp³-hybridized carbons (Fsp3) is 0.409. The molecule has 7 heteroatoms. The first kappa shape index (κ1) is 22.4. The molecule has 0 fully saturated rings. The van der Waals surface area contributed by atoms with E-state index < -0.39 is 16.5 Å². The van der Waals surface area contributed by atoms with Crippen molar-refractivity contribution >= 4 is 11.7 Å². The van der Waals surface area contributed by atoms with Crippen molar-refractivity contribution in [3.63, 3.8) is 0 Å². The van der Waals surface area contributed by atoms with E-state index in [1.807, 2.05) is 20.8 Å². The molecule has 0 saturated carbocycles. The van der Waals surface area contributed by atoms with Crippen LogP contribution in [-0.4, -0.2) is 30.4 Å². The summed E-state index contributed by atoms with van der Waals surface area (Å²) in [5.41, 5.74) is 1.32. The Bertz CT molecular complexity index is 835. The van der Waals surface area contributed by atoms with Gasteiger partial charge in [0.1, 0.15) is 11.4 Å². The molecule has 7 nitrogen and oxygen atoms in total. The number of benzene rings is 2. The number of ether oxygens (including phenoxy) is 3. The largest absolute Gasteiger partial charge is 0.467 e. The molecule has 2 aromatic rings. The van der Waals surface area contributed by atoms with Crippen molar-refractivity contribution in [3.8, 4) is 16.9 Å². The van der Waals surface area contributed by atoms with Crippen LogP contribution in [0.4, 0.5) is 5.69 Å². The lowest BCUT2D eigenvalue weighted by molar-refractivity contribution is -0.384. The maximum Gasteiger partial charge on any atom is 0.338 e. The van der Waals surface area contributed by atoms with Gasteiger partial charge in [-0.3, -0.25) is 10.1 Å². The van der Waals surface area contributed by atoms with E-state index in [-0.39, 0.29) is 12.5 Å². The highest BCUT2D eigenvalue weighted by molar-refractivity contribution is 5.91. The highest BCUT2D eigenvalue weighted by Gasteiger charge is 2.29. The summed E-state index contributed by atoms with van der Waals surface area (Å²) in [6.45, 7) is 6.02. The Balaban J connectivity index is 2.38. The molecule has 0 unspecified atom stereocenters. The first-order valence-electron chi connectivity index (χ1n) is 9.63. The van der Waals surface area contributed by atoms with Crippen molar-refractivity contribution in [3.05, 3.63) is 58.1 Å². The van der Waals surface area contributed by atoms with E-state index in [0.717, 1.165) is 24.8 Å². The molecule has 0 aliphatic rings. The molecule has 0 aliphatic heterocycles. The van der Waals surface area contributed by atoms with Crippen LogP contribution in [0.2, 0.25) is 0 Å². The normalized spacial score (nSPS) is 11.2. The van der Waals surface area contributed by atoms with Crippen LogP contribution >= 0.6 is 0 Å². The van der Waals surface area contributed by atoms with E-state index in [1.165, 1.54) is 19.2 Å². The lowest BCUT2D eigenvalue weighted by atomic mass is 9.94. The van der Waals surface area contributed by atoms with Crippen LogP contribution in [0.15, 0.2) is 42.5 Å². The van der Waals surface area contributed by atoms with Gasteiger partial charge in [-0.25, -0.2) is 4.79 Å². The molecule has 0 spiro atoms. The zero-order valence-electron chi connectivity index (χ0n) is 17.3. The monoisotopic (exact) mass is 401 g/mol. The topological polar surface area (TPSA) is 87.9 Å². The average molecular weight is 401 g/mol. The molecule has 0 amide bonds. The van der Waals surface area contributed by atoms with Gasteiger partial charge in [-0.15, -0.1) is 0 Å². The third kappa shape index (κ3) is 5.32. The van der Waals surface area contributed by atoms with Crippen molar-refractivity contribution in [2.45, 2.75) is 45.6 Å². The Hall–Kier alpha value is -2.93. The molecule has 0 aromatic heterocycles. The third-order valence-electron chi connectivity index (χ3n) is 5.18. The van der Waals surface area contributed by atoms with Crippen LogP contribution in [0, 0.1) is 10.1 Å². The standard InChI is InChI=1S/C22H27NO6/c1-5-22(6-2,7-3)29-21(24)17-10-13-19(20(14-17)28-15-27-4)16-8-11-18(12-9-16)23(25)26/h8-14H,5-7,15H2,1-4H3. The first-order chi connectivity index (χ1) is 13.9. The zero-order chi connectivity index (χ0) is 21.4. The van der Waals surface area contributed by atoms with Crippen molar-refractivity contribution in [1.29, 1.82) is 0 Å². The molecule has 156 valence electrons. The van der Waals surface area contributed by atoms with E-state index in [0.29, 0.717) is 16.9 Å². The summed E-state index contributed by atoms with van der Waals surface area (Å²) in [6, 6.07) is 11.2. The minimum absolute atomic E-state index is 0.00129. The van der Waals surface area contributed by atoms with Gasteiger partial charge in [-0.1, -0.05) is 20.8 Å². The van der Waals surface area contributed by atoms with E-state index in [4.69, 9.17) is 14.2 Å². The molecule has 2 rings (SSSR count). The maximum atomic E-state index is 12.7. The Morgan fingerprint density at radius 3 is 2.17 bits per heavy atom. The van der Waals surface area contributed by atoms with Crippen LogP contribution in [0.3, 0.4) is 0 Å². The van der Waals surface area contributed by atoms with Gasteiger partial charge < -0.3 is 14.2 Å². The summed E-state index contributed by atoms with van der Waals surface area (Å²) < 4.78 is 16.5. The van der Waals surface area contributed by atoms with E-state index in [9.17, 15) is 14.9 Å². The number of carbonyl (C=O) groups is 1. The summed E-state index contributed by atoms with van der Waals surface area (Å²) >= 11 is 0. The minimum atomic E-state index is -0.484. The average Bonchev–Trinajstić information content (AvgIpc) is 2.76. The van der Waals surface area contributed by atoms with Crippen LogP contribution < -0.4 is 4.74 Å². The van der Waals surface area contributed by atoms with Gasteiger partial charge in [0.05, 0.1) is 10.5 Å². The van der Waals surface area contributed by atoms with Crippen molar-refractivity contribution in [1.82, 2.24) is 0 Å². The van der Waals surface area contributed by atoms with Crippen molar-refractivity contribution in [2.75, 3.05) is 13.9 Å². The quantitative estimate of drug-likeness (QED) is 0.230. The second kappa shape index (κ2) is 10.0. The van der Waals surface area contributed by atoms with E-state index in [2.05, 4.69) is 0 Å². The highest BCUT2D eigenvalue weighted by Crippen LogP contribution is 2.33. The number of rotatable bonds is 10. The molecule has 0 bridgehead atoms. The zero-order valence-corrected chi connectivity index (χ0v) is 17.3.